The molecule has 0 unspecified atom stereocenters. The smallest absolute Gasteiger partial charge is 0.0497 e. The Morgan fingerprint density at radius 3 is 2.40 bits per heavy atom. The summed E-state index contributed by atoms with van der Waals surface area (Å²) in [6, 6.07) is 0. The van der Waals surface area contributed by atoms with E-state index in [2.05, 4.69) is 23.5 Å². The first-order valence-electron chi connectivity index (χ1n) is 4.79. The van der Waals surface area contributed by atoms with E-state index in [1.54, 1.807) is 12.4 Å². The Morgan fingerprint density at radius 2 is 1.80 bits per heavy atom. The van der Waals surface area contributed by atoms with Crippen LogP contribution in [0.3, 0.4) is 0 Å². The maximum absolute atomic E-state index is 3.99. The van der Waals surface area contributed by atoms with E-state index in [1.165, 1.54) is 0 Å². The second-order valence-electron chi connectivity index (χ2n) is 2.82. The highest BCUT2D eigenvalue weighted by Gasteiger charge is 1.87. The molecule has 0 fully saturated rings. The molecule has 15 heavy (non-hydrogen) atoms. The van der Waals surface area contributed by atoms with Crippen molar-refractivity contribution in [1.29, 1.82) is 0 Å². The molecule has 0 saturated heterocycles. The van der Waals surface area contributed by atoms with Crippen LogP contribution in [-0.4, -0.2) is 6.21 Å². The number of nitrogens with one attached hydrogen (secondary N) is 1. The second kappa shape index (κ2) is 8.75. The molecule has 0 aromatic rings. The maximum Gasteiger partial charge on any atom is 0.0497 e. The van der Waals surface area contributed by atoms with Gasteiger partial charge >= 0.3 is 0 Å². The average Bonchev–Trinajstić information content (AvgIpc) is 2.18. The SMILES string of the molecule is C=C(C=N/C=C\C)NC(=C)/C=C\C=C/C. The predicted octanol–water partition coefficient (Wildman–Crippen LogP) is 3.34. The topological polar surface area (TPSA) is 24.4 Å². The molecule has 0 aliphatic rings. The van der Waals surface area contributed by atoms with Gasteiger partial charge < -0.3 is 5.32 Å². The summed E-state index contributed by atoms with van der Waals surface area (Å²) in [6.45, 7) is 11.5. The van der Waals surface area contributed by atoms with Crippen molar-refractivity contribution < 1.29 is 0 Å². The van der Waals surface area contributed by atoms with Gasteiger partial charge in [-0.3, -0.25) is 4.99 Å². The van der Waals surface area contributed by atoms with Crippen LogP contribution in [0, 0.1) is 0 Å². The van der Waals surface area contributed by atoms with Gasteiger partial charge in [0.25, 0.3) is 0 Å². The fraction of sp³-hybridized carbons (Fsp3) is 0.154. The van der Waals surface area contributed by atoms with Crippen molar-refractivity contribution in [3.05, 3.63) is 61.1 Å². The van der Waals surface area contributed by atoms with Crippen LogP contribution in [0.5, 0.6) is 0 Å². The number of aliphatic imine (C=N–C) groups is 1. The molecule has 0 bridgehead atoms. The van der Waals surface area contributed by atoms with Gasteiger partial charge in [-0.2, -0.15) is 0 Å². The van der Waals surface area contributed by atoms with Crippen LogP contribution in [0.2, 0.25) is 0 Å². The van der Waals surface area contributed by atoms with E-state index >= 15 is 0 Å². The van der Waals surface area contributed by atoms with Gasteiger partial charge in [0.05, 0.1) is 0 Å². The quantitative estimate of drug-likeness (QED) is 0.518. The lowest BCUT2D eigenvalue weighted by Gasteiger charge is -2.02. The van der Waals surface area contributed by atoms with Crippen molar-refractivity contribution in [3.8, 4) is 0 Å². The van der Waals surface area contributed by atoms with E-state index in [4.69, 9.17) is 0 Å². The molecule has 2 nitrogen and oxygen atoms in total. The Kier molecular flexibility index (Phi) is 7.69. The van der Waals surface area contributed by atoms with Gasteiger partial charge in [0.15, 0.2) is 0 Å². The molecule has 0 radical (unpaired) electrons. The lowest BCUT2D eigenvalue weighted by atomic mass is 10.3. The summed E-state index contributed by atoms with van der Waals surface area (Å²) in [5, 5.41) is 3.00. The molecule has 0 aliphatic heterocycles. The van der Waals surface area contributed by atoms with Gasteiger partial charge in [-0.05, 0) is 19.9 Å². The molecule has 1 N–H and O–H groups in total. The van der Waals surface area contributed by atoms with Crippen LogP contribution in [-0.2, 0) is 0 Å². The van der Waals surface area contributed by atoms with Gasteiger partial charge in [-0.15, -0.1) is 0 Å². The summed E-state index contributed by atoms with van der Waals surface area (Å²) in [5.74, 6) is 0. The highest BCUT2D eigenvalue weighted by atomic mass is 14.9. The number of rotatable bonds is 6. The van der Waals surface area contributed by atoms with E-state index in [0.29, 0.717) is 5.70 Å². The summed E-state index contributed by atoms with van der Waals surface area (Å²) in [6.07, 6.45) is 12.9. The maximum atomic E-state index is 3.99. The summed E-state index contributed by atoms with van der Waals surface area (Å²) in [7, 11) is 0. The minimum absolute atomic E-state index is 0.711. The highest BCUT2D eigenvalue weighted by Crippen LogP contribution is 1.92. The third-order valence-corrected chi connectivity index (χ3v) is 1.39. The van der Waals surface area contributed by atoms with E-state index in [0.717, 1.165) is 5.70 Å². The lowest BCUT2D eigenvalue weighted by Crippen LogP contribution is -2.09. The molecule has 0 atom stereocenters. The van der Waals surface area contributed by atoms with Crippen molar-refractivity contribution in [2.75, 3.05) is 0 Å². The minimum atomic E-state index is 0.711. The monoisotopic (exact) mass is 202 g/mol. The van der Waals surface area contributed by atoms with Crippen molar-refractivity contribution in [2.45, 2.75) is 13.8 Å². The van der Waals surface area contributed by atoms with Gasteiger partial charge in [0, 0.05) is 23.8 Å². The normalized spacial score (nSPS) is 12.1. The van der Waals surface area contributed by atoms with Crippen LogP contribution in [0.1, 0.15) is 13.8 Å². The van der Waals surface area contributed by atoms with Crippen molar-refractivity contribution in [3.63, 3.8) is 0 Å². The van der Waals surface area contributed by atoms with Crippen molar-refractivity contribution in [1.82, 2.24) is 5.32 Å². The predicted molar refractivity (Wildman–Crippen MR) is 68.7 cm³/mol. The Labute approximate surface area is 92.1 Å². The molecule has 2 heteroatoms. The van der Waals surface area contributed by atoms with Crippen LogP contribution < -0.4 is 5.32 Å². The average molecular weight is 202 g/mol. The van der Waals surface area contributed by atoms with Crippen LogP contribution >= 0.6 is 0 Å². The summed E-state index contributed by atoms with van der Waals surface area (Å²) in [5.41, 5.74) is 1.49. The Hall–Kier alpha value is -1.83. The summed E-state index contributed by atoms with van der Waals surface area (Å²) < 4.78 is 0. The number of allylic oxidation sites excluding steroid dienone is 6. The van der Waals surface area contributed by atoms with Gasteiger partial charge in [-0.25, -0.2) is 0 Å². The van der Waals surface area contributed by atoms with E-state index < -0.39 is 0 Å². The Balaban J connectivity index is 4.02. The molecule has 0 amide bonds. The summed E-state index contributed by atoms with van der Waals surface area (Å²) in [4.78, 5) is 3.99. The zero-order chi connectivity index (χ0) is 11.5. The molecule has 0 aliphatic carbocycles. The van der Waals surface area contributed by atoms with Gasteiger partial charge in [0.2, 0.25) is 0 Å². The van der Waals surface area contributed by atoms with Crippen molar-refractivity contribution in [2.24, 2.45) is 4.99 Å². The van der Waals surface area contributed by atoms with Gasteiger partial charge in [-0.1, -0.05) is 37.5 Å². The fourth-order valence-electron chi connectivity index (χ4n) is 0.782. The third-order valence-electron chi connectivity index (χ3n) is 1.39. The van der Waals surface area contributed by atoms with E-state index in [-0.39, 0.29) is 0 Å². The first-order chi connectivity index (χ1) is 7.20. The first kappa shape index (κ1) is 13.2. The van der Waals surface area contributed by atoms with E-state index in [1.807, 2.05) is 44.2 Å². The minimum Gasteiger partial charge on any atom is -0.355 e. The second-order valence-corrected chi connectivity index (χ2v) is 2.82. The third kappa shape index (κ3) is 8.50. The molecule has 0 rings (SSSR count). The van der Waals surface area contributed by atoms with E-state index in [9.17, 15) is 0 Å². The number of hydrogen-bond acceptors (Lipinski definition) is 2. The highest BCUT2D eigenvalue weighted by molar-refractivity contribution is 5.77. The van der Waals surface area contributed by atoms with Crippen LogP contribution in [0.4, 0.5) is 0 Å². The molecular weight excluding hydrogens is 184 g/mol. The molecule has 0 aromatic heterocycles. The Bertz CT molecular complexity index is 285. The molecule has 0 saturated carbocycles. The van der Waals surface area contributed by atoms with Crippen LogP contribution in [0.25, 0.3) is 0 Å². The standard InChI is InChI=1S/C13H18N2/c1-5-7-8-9-12(3)15-13(4)11-14-10-6-2/h5-11,15H,3-4H2,1-2H3/b7-5-,9-8-,10-6-,14-11?. The fourth-order valence-corrected chi connectivity index (χ4v) is 0.782. The first-order valence-corrected chi connectivity index (χ1v) is 4.79. The van der Waals surface area contributed by atoms with Gasteiger partial charge in [0.1, 0.15) is 0 Å². The van der Waals surface area contributed by atoms with Crippen molar-refractivity contribution >= 4 is 6.21 Å². The molecule has 80 valence electrons. The molecule has 0 aromatic carbocycles. The number of hydrogen-bond donors (Lipinski definition) is 1. The molecular formula is C13H18N2. The Morgan fingerprint density at radius 1 is 1.07 bits per heavy atom. The zero-order valence-electron chi connectivity index (χ0n) is 9.40. The van der Waals surface area contributed by atoms with Crippen LogP contribution in [0.15, 0.2) is 66.1 Å². The largest absolute Gasteiger partial charge is 0.355 e. The zero-order valence-corrected chi connectivity index (χ0v) is 9.40. The number of nitrogens with zero attached hydrogens (tertiary/aromatic N) is 1. The molecule has 0 spiro atoms. The molecule has 0 heterocycles. The summed E-state index contributed by atoms with van der Waals surface area (Å²) >= 11 is 0. The lowest BCUT2D eigenvalue weighted by molar-refractivity contribution is 1.09.